The average molecular weight is 341 g/mol. The van der Waals surface area contributed by atoms with E-state index in [4.69, 9.17) is 9.94 Å². The summed E-state index contributed by atoms with van der Waals surface area (Å²) in [6, 6.07) is 3.24. The highest BCUT2D eigenvalue weighted by atomic mass is 16.9. The van der Waals surface area contributed by atoms with E-state index in [0.717, 1.165) is 0 Å². The normalized spacial score (nSPS) is 10.8. The number of amides is 1. The van der Waals surface area contributed by atoms with Gasteiger partial charge < -0.3 is 10.1 Å². The van der Waals surface area contributed by atoms with E-state index in [0.29, 0.717) is 12.0 Å². The van der Waals surface area contributed by atoms with Gasteiger partial charge in [0, 0.05) is 6.07 Å². The summed E-state index contributed by atoms with van der Waals surface area (Å²) >= 11 is 0. The number of esters is 1. The summed E-state index contributed by atoms with van der Waals surface area (Å²) in [5.74, 6) is -0.697. The second-order valence-corrected chi connectivity index (χ2v) is 6.32. The Morgan fingerprint density at radius 3 is 2.71 bits per heavy atom. The first-order valence-electron chi connectivity index (χ1n) is 7.39. The van der Waals surface area contributed by atoms with Crippen LogP contribution in [0.25, 0.3) is 0 Å². The first-order valence-corrected chi connectivity index (χ1v) is 7.39. The van der Waals surface area contributed by atoms with Crippen molar-refractivity contribution in [1.82, 2.24) is 5.32 Å². The molecule has 0 bridgehead atoms. The fourth-order valence-corrected chi connectivity index (χ4v) is 1.76. The van der Waals surface area contributed by atoms with Crippen molar-refractivity contribution >= 4 is 11.9 Å². The van der Waals surface area contributed by atoms with Crippen LogP contribution in [-0.4, -0.2) is 35.3 Å². The molecule has 0 unspecified atom stereocenters. The van der Waals surface area contributed by atoms with Crippen LogP contribution in [0.5, 0.6) is 0 Å². The Hall–Kier alpha value is -2.71. The third-order valence-electron chi connectivity index (χ3n) is 2.76. The molecule has 0 aliphatic carbocycles. The summed E-state index contributed by atoms with van der Waals surface area (Å²) in [5, 5.41) is 10.1. The van der Waals surface area contributed by atoms with Crippen LogP contribution in [0.4, 0.5) is 0 Å². The van der Waals surface area contributed by atoms with Gasteiger partial charge in [-0.25, -0.2) is 5.21 Å². The Kier molecular flexibility index (Phi) is 7.09. The summed E-state index contributed by atoms with van der Waals surface area (Å²) in [6.07, 6.45) is 3.51. The number of rotatable bonds is 8. The molecule has 1 aromatic rings. The molecule has 0 aromatic carbocycles. The fraction of sp³-hybridized carbons (Fsp3) is 0.533. The minimum absolute atomic E-state index is 0.00873. The summed E-state index contributed by atoms with van der Waals surface area (Å²) < 4.78 is 6.74. The predicted molar refractivity (Wildman–Crippen MR) is 80.5 cm³/mol. The van der Waals surface area contributed by atoms with Crippen LogP contribution in [0.3, 0.4) is 0 Å². The molecule has 0 fully saturated rings. The van der Waals surface area contributed by atoms with E-state index >= 15 is 0 Å². The van der Waals surface area contributed by atoms with Crippen LogP contribution in [0, 0.1) is 10.3 Å². The number of nitrogens with one attached hydrogen (secondary N) is 1. The van der Waals surface area contributed by atoms with E-state index < -0.39 is 5.09 Å². The van der Waals surface area contributed by atoms with Gasteiger partial charge in [0.25, 0.3) is 12.6 Å². The molecule has 0 saturated carbocycles. The van der Waals surface area contributed by atoms with E-state index in [-0.39, 0.29) is 37.2 Å². The van der Waals surface area contributed by atoms with Crippen LogP contribution in [0.15, 0.2) is 24.5 Å². The molecule has 0 saturated heterocycles. The van der Waals surface area contributed by atoms with Gasteiger partial charge in [-0.3, -0.25) is 9.59 Å². The molecule has 1 heterocycles. The van der Waals surface area contributed by atoms with Gasteiger partial charge in [0.2, 0.25) is 0 Å². The highest BCUT2D eigenvalue weighted by Crippen LogP contribution is 2.18. The van der Waals surface area contributed by atoms with Crippen LogP contribution in [-0.2, 0) is 21.1 Å². The van der Waals surface area contributed by atoms with Gasteiger partial charge in [-0.15, -0.1) is 0 Å². The molecule has 9 heteroatoms. The zero-order valence-corrected chi connectivity index (χ0v) is 14.0. The number of carbonyl (C=O) groups excluding carboxylic acids is 2. The molecule has 132 valence electrons. The maximum absolute atomic E-state index is 11.9. The fourth-order valence-electron chi connectivity index (χ4n) is 1.76. The molecule has 2 N–H and O–H groups in total. The summed E-state index contributed by atoms with van der Waals surface area (Å²) in [5.41, 5.74) is 0.201. The highest BCUT2D eigenvalue weighted by Gasteiger charge is 2.18. The molecule has 0 aliphatic rings. The molecule has 0 spiro atoms. The van der Waals surface area contributed by atoms with Crippen molar-refractivity contribution in [1.29, 1.82) is 0 Å². The Balaban J connectivity index is 2.49. The number of aromatic nitrogens is 1. The molecule has 9 nitrogen and oxygen atoms in total. The van der Waals surface area contributed by atoms with Gasteiger partial charge >= 0.3 is 11.1 Å². The lowest BCUT2D eigenvalue weighted by Crippen LogP contribution is -2.38. The molecule has 0 atom stereocenters. The Morgan fingerprint density at radius 1 is 1.38 bits per heavy atom. The number of nitrogens with zero attached hydrogens (tertiary/aromatic N) is 2. The lowest BCUT2D eigenvalue weighted by atomic mass is 9.93. The third kappa shape index (κ3) is 8.06. The maximum atomic E-state index is 11.9. The average Bonchev–Trinajstić information content (AvgIpc) is 2.48. The molecule has 1 amide bonds. The molecular weight excluding hydrogens is 318 g/mol. The van der Waals surface area contributed by atoms with Crippen molar-refractivity contribution in [3.63, 3.8) is 0 Å². The molecule has 1 aromatic heterocycles. The van der Waals surface area contributed by atoms with Gasteiger partial charge in [0.1, 0.15) is 10.5 Å². The zero-order chi connectivity index (χ0) is 18.2. The van der Waals surface area contributed by atoms with Crippen molar-refractivity contribution in [2.45, 2.75) is 33.9 Å². The van der Waals surface area contributed by atoms with E-state index in [1.165, 1.54) is 6.20 Å². The number of pyridine rings is 1. The lowest BCUT2D eigenvalue weighted by Gasteiger charge is -2.15. The molecule has 24 heavy (non-hydrogen) atoms. The lowest BCUT2D eigenvalue weighted by molar-refractivity contribution is -0.975. The molecule has 0 radical (unpaired) electrons. The summed E-state index contributed by atoms with van der Waals surface area (Å²) in [7, 11) is 0. The molecule has 1 rings (SSSR count). The van der Waals surface area contributed by atoms with Crippen molar-refractivity contribution < 1.29 is 34.0 Å². The minimum atomic E-state index is -0.672. The van der Waals surface area contributed by atoms with Crippen molar-refractivity contribution in [3.8, 4) is 0 Å². The SMILES string of the molecule is CC(C)(C)CC(=O)OC[n+]1cccc(C(=O)NCCO[N+](=O)O)c1. The highest BCUT2D eigenvalue weighted by molar-refractivity contribution is 5.93. The maximum Gasteiger partial charge on any atom is 0.475 e. The second-order valence-electron chi connectivity index (χ2n) is 6.32. The van der Waals surface area contributed by atoms with E-state index in [1.54, 1.807) is 22.9 Å². The van der Waals surface area contributed by atoms with Crippen molar-refractivity contribution in [3.05, 3.63) is 35.0 Å². The van der Waals surface area contributed by atoms with Gasteiger partial charge in [-0.2, -0.15) is 9.40 Å². The largest absolute Gasteiger partial charge is 0.475 e. The van der Waals surface area contributed by atoms with Crippen LogP contribution < -0.4 is 9.88 Å². The summed E-state index contributed by atoms with van der Waals surface area (Å²) in [4.78, 5) is 37.9. The Labute approximate surface area is 139 Å². The van der Waals surface area contributed by atoms with Gasteiger partial charge in [-0.1, -0.05) is 20.8 Å². The van der Waals surface area contributed by atoms with E-state index in [1.807, 2.05) is 20.8 Å². The quantitative estimate of drug-likeness (QED) is 0.312. The van der Waals surface area contributed by atoms with Gasteiger partial charge in [0.05, 0.1) is 13.0 Å². The van der Waals surface area contributed by atoms with Gasteiger partial charge in [-0.05, 0) is 11.5 Å². The Bertz CT molecular complexity index is 597. The molecule has 0 aliphatic heterocycles. The summed E-state index contributed by atoms with van der Waals surface area (Å²) in [6.45, 7) is 5.72. The first kappa shape index (κ1) is 19.3. The second kappa shape index (κ2) is 8.80. The number of ether oxygens (including phenoxy) is 1. The van der Waals surface area contributed by atoms with E-state index in [2.05, 4.69) is 10.2 Å². The predicted octanol–water partition coefficient (Wildman–Crippen LogP) is 0.741. The number of carbonyl (C=O) groups is 2. The number of hydrogen-bond acceptors (Lipinski definition) is 5. The van der Waals surface area contributed by atoms with Crippen LogP contribution >= 0.6 is 0 Å². The van der Waals surface area contributed by atoms with Crippen LogP contribution in [0.2, 0.25) is 0 Å². The van der Waals surface area contributed by atoms with E-state index in [9.17, 15) is 14.5 Å². The number of hydrogen-bond donors (Lipinski definition) is 2. The standard InChI is InChI=1S/C15H22N3O6/c1-15(2,3)9-13(19)23-11-17-7-4-5-12(10-17)14(20)16-6-8-24-18(21)22/h4-5,7,10H,6,8-9,11H2,1-3H3,(H-,16,20,21,22)/q+1/p+1. The van der Waals surface area contributed by atoms with Crippen LogP contribution in [0.1, 0.15) is 37.6 Å². The van der Waals surface area contributed by atoms with Crippen molar-refractivity contribution in [2.75, 3.05) is 13.2 Å². The Morgan fingerprint density at radius 2 is 2.08 bits per heavy atom. The topological polar surface area (TPSA) is 109 Å². The monoisotopic (exact) mass is 341 g/mol. The smallest absolute Gasteiger partial charge is 0.405 e. The third-order valence-corrected chi connectivity index (χ3v) is 2.76. The molecular formula is C15H23N3O6+2. The zero-order valence-electron chi connectivity index (χ0n) is 14.0. The van der Waals surface area contributed by atoms with Crippen molar-refractivity contribution in [2.24, 2.45) is 5.41 Å². The van der Waals surface area contributed by atoms with Gasteiger partial charge in [0.15, 0.2) is 19.0 Å². The first-order chi connectivity index (χ1) is 11.2. The minimum Gasteiger partial charge on any atom is -0.405 e.